The van der Waals surface area contributed by atoms with Gasteiger partial charge in [-0.25, -0.2) is 0 Å². The first-order valence-corrected chi connectivity index (χ1v) is 7.84. The monoisotopic (exact) mass is 274 g/mol. The first kappa shape index (κ1) is 14.1. The molecule has 2 fully saturated rings. The molecule has 1 atom stereocenters. The largest absolute Gasteiger partial charge is 0.380 e. The van der Waals surface area contributed by atoms with Crippen molar-refractivity contribution in [2.45, 2.75) is 25.8 Å². The number of benzene rings is 1. The second-order valence-electron chi connectivity index (χ2n) is 6.60. The lowest BCUT2D eigenvalue weighted by atomic mass is 9.88. The maximum atomic E-state index is 5.33. The summed E-state index contributed by atoms with van der Waals surface area (Å²) in [6.45, 7) is 8.68. The number of hydrogen-bond acceptors (Lipinski definition) is 3. The van der Waals surface area contributed by atoms with Crippen LogP contribution >= 0.6 is 0 Å². The lowest BCUT2D eigenvalue weighted by Crippen LogP contribution is -2.48. The molecule has 110 valence electrons. The van der Waals surface area contributed by atoms with Crippen molar-refractivity contribution in [1.29, 1.82) is 0 Å². The first-order chi connectivity index (χ1) is 9.77. The average molecular weight is 274 g/mol. The molecule has 1 N–H and O–H groups in total. The third kappa shape index (κ3) is 3.22. The van der Waals surface area contributed by atoms with E-state index in [0.717, 1.165) is 26.3 Å². The highest BCUT2D eigenvalue weighted by atomic mass is 16.5. The zero-order valence-corrected chi connectivity index (χ0v) is 12.5. The zero-order valence-electron chi connectivity index (χ0n) is 12.5. The van der Waals surface area contributed by atoms with Crippen LogP contribution in [0.2, 0.25) is 0 Å². The van der Waals surface area contributed by atoms with Crippen LogP contribution in [0.3, 0.4) is 0 Å². The normalized spacial score (nSPS) is 23.4. The minimum Gasteiger partial charge on any atom is -0.380 e. The number of hydrogen-bond donors (Lipinski definition) is 1. The SMILES string of the molecule is CC1(CNCC(c2ccccc2)N2CCCC2)COC1. The number of ether oxygens (including phenoxy) is 1. The standard InChI is InChI=1S/C17H26N2O/c1-17(13-20-14-17)12-18-11-16(19-9-5-6-10-19)15-7-3-2-4-8-15/h2-4,7-8,16,18H,5-6,9-14H2,1H3. The Morgan fingerprint density at radius 2 is 1.90 bits per heavy atom. The van der Waals surface area contributed by atoms with Gasteiger partial charge in [0.05, 0.1) is 13.2 Å². The van der Waals surface area contributed by atoms with Gasteiger partial charge in [-0.05, 0) is 31.5 Å². The number of likely N-dealkylation sites (tertiary alicyclic amines) is 1. The van der Waals surface area contributed by atoms with E-state index in [1.165, 1.54) is 31.5 Å². The van der Waals surface area contributed by atoms with Crippen LogP contribution < -0.4 is 5.32 Å². The maximum absolute atomic E-state index is 5.33. The molecule has 2 aliphatic heterocycles. The second-order valence-corrected chi connectivity index (χ2v) is 6.60. The van der Waals surface area contributed by atoms with E-state index in [4.69, 9.17) is 4.74 Å². The minimum absolute atomic E-state index is 0.353. The highest BCUT2D eigenvalue weighted by Crippen LogP contribution is 2.27. The molecule has 1 aromatic rings. The van der Waals surface area contributed by atoms with Crippen molar-refractivity contribution in [2.75, 3.05) is 39.4 Å². The van der Waals surface area contributed by atoms with Crippen LogP contribution in [0.1, 0.15) is 31.4 Å². The van der Waals surface area contributed by atoms with Gasteiger partial charge >= 0.3 is 0 Å². The van der Waals surface area contributed by atoms with Gasteiger partial charge in [-0.2, -0.15) is 0 Å². The summed E-state index contributed by atoms with van der Waals surface area (Å²) in [4.78, 5) is 2.63. The Labute approximate surface area is 122 Å². The Kier molecular flexibility index (Phi) is 4.39. The molecular weight excluding hydrogens is 248 g/mol. The third-order valence-electron chi connectivity index (χ3n) is 4.56. The molecule has 2 heterocycles. The van der Waals surface area contributed by atoms with Gasteiger partial charge in [0, 0.05) is 24.5 Å². The first-order valence-electron chi connectivity index (χ1n) is 7.84. The lowest BCUT2D eigenvalue weighted by Gasteiger charge is -2.39. The maximum Gasteiger partial charge on any atom is 0.0554 e. The van der Waals surface area contributed by atoms with Gasteiger partial charge in [-0.1, -0.05) is 37.3 Å². The molecule has 3 rings (SSSR count). The average Bonchev–Trinajstić information content (AvgIpc) is 2.96. The van der Waals surface area contributed by atoms with E-state index in [2.05, 4.69) is 47.5 Å². The fourth-order valence-corrected chi connectivity index (χ4v) is 3.25. The molecule has 0 radical (unpaired) electrons. The van der Waals surface area contributed by atoms with Crippen molar-refractivity contribution in [2.24, 2.45) is 5.41 Å². The van der Waals surface area contributed by atoms with Crippen molar-refractivity contribution < 1.29 is 4.74 Å². The second kappa shape index (κ2) is 6.25. The molecule has 1 unspecified atom stereocenters. The van der Waals surface area contributed by atoms with Gasteiger partial charge in [0.15, 0.2) is 0 Å². The van der Waals surface area contributed by atoms with Crippen LogP contribution in [-0.4, -0.2) is 44.3 Å². The molecule has 0 bridgehead atoms. The Morgan fingerprint density at radius 1 is 1.20 bits per heavy atom. The predicted molar refractivity (Wildman–Crippen MR) is 81.8 cm³/mol. The summed E-state index contributed by atoms with van der Waals surface area (Å²) < 4.78 is 5.33. The molecule has 0 aliphatic carbocycles. The van der Waals surface area contributed by atoms with E-state index in [9.17, 15) is 0 Å². The summed E-state index contributed by atoms with van der Waals surface area (Å²) in [6, 6.07) is 11.4. The van der Waals surface area contributed by atoms with Crippen molar-refractivity contribution in [3.05, 3.63) is 35.9 Å². The fourth-order valence-electron chi connectivity index (χ4n) is 3.25. The summed E-state index contributed by atoms with van der Waals surface area (Å²) in [6.07, 6.45) is 2.68. The topological polar surface area (TPSA) is 24.5 Å². The van der Waals surface area contributed by atoms with E-state index in [0.29, 0.717) is 11.5 Å². The molecule has 0 saturated carbocycles. The van der Waals surface area contributed by atoms with E-state index >= 15 is 0 Å². The van der Waals surface area contributed by atoms with E-state index in [-0.39, 0.29) is 0 Å². The van der Waals surface area contributed by atoms with Crippen LogP contribution in [0.15, 0.2) is 30.3 Å². The Balaban J connectivity index is 1.60. The molecule has 2 saturated heterocycles. The number of nitrogens with zero attached hydrogens (tertiary/aromatic N) is 1. The van der Waals surface area contributed by atoms with Gasteiger partial charge < -0.3 is 10.1 Å². The Bertz CT molecular complexity index is 410. The lowest BCUT2D eigenvalue weighted by molar-refractivity contribution is -0.0993. The molecule has 3 heteroatoms. The molecule has 0 spiro atoms. The molecule has 1 aromatic carbocycles. The number of nitrogens with one attached hydrogen (secondary N) is 1. The summed E-state index contributed by atoms with van der Waals surface area (Å²) in [5.74, 6) is 0. The number of rotatable bonds is 6. The minimum atomic E-state index is 0.353. The Hall–Kier alpha value is -0.900. The van der Waals surface area contributed by atoms with Gasteiger partial charge in [0.2, 0.25) is 0 Å². The molecule has 20 heavy (non-hydrogen) atoms. The highest BCUT2D eigenvalue weighted by molar-refractivity contribution is 5.19. The zero-order chi connectivity index (χ0) is 13.8. The van der Waals surface area contributed by atoms with Crippen molar-refractivity contribution >= 4 is 0 Å². The molecule has 3 nitrogen and oxygen atoms in total. The smallest absolute Gasteiger partial charge is 0.0554 e. The summed E-state index contributed by atoms with van der Waals surface area (Å²) in [5.41, 5.74) is 1.80. The van der Waals surface area contributed by atoms with Gasteiger partial charge in [0.1, 0.15) is 0 Å². The Morgan fingerprint density at radius 3 is 2.50 bits per heavy atom. The third-order valence-corrected chi connectivity index (χ3v) is 4.56. The molecule has 0 aromatic heterocycles. The summed E-state index contributed by atoms with van der Waals surface area (Å²) in [5, 5.41) is 3.68. The highest BCUT2D eigenvalue weighted by Gasteiger charge is 2.33. The van der Waals surface area contributed by atoms with Gasteiger partial charge in [0.25, 0.3) is 0 Å². The predicted octanol–water partition coefficient (Wildman–Crippen LogP) is 2.45. The van der Waals surface area contributed by atoms with Gasteiger partial charge in [-0.3, -0.25) is 4.90 Å². The van der Waals surface area contributed by atoms with Gasteiger partial charge in [-0.15, -0.1) is 0 Å². The molecule has 0 amide bonds. The van der Waals surface area contributed by atoms with Crippen LogP contribution in [-0.2, 0) is 4.74 Å². The van der Waals surface area contributed by atoms with E-state index < -0.39 is 0 Å². The van der Waals surface area contributed by atoms with Crippen molar-refractivity contribution in [1.82, 2.24) is 10.2 Å². The van der Waals surface area contributed by atoms with E-state index in [1.807, 2.05) is 0 Å². The van der Waals surface area contributed by atoms with Crippen LogP contribution in [0.4, 0.5) is 0 Å². The van der Waals surface area contributed by atoms with Crippen LogP contribution in [0, 0.1) is 5.41 Å². The van der Waals surface area contributed by atoms with Crippen molar-refractivity contribution in [3.63, 3.8) is 0 Å². The quantitative estimate of drug-likeness (QED) is 0.862. The summed E-state index contributed by atoms with van der Waals surface area (Å²) in [7, 11) is 0. The van der Waals surface area contributed by atoms with Crippen LogP contribution in [0.5, 0.6) is 0 Å². The molecular formula is C17H26N2O. The summed E-state index contributed by atoms with van der Waals surface area (Å²) >= 11 is 0. The van der Waals surface area contributed by atoms with Crippen molar-refractivity contribution in [3.8, 4) is 0 Å². The molecule has 2 aliphatic rings. The van der Waals surface area contributed by atoms with Crippen LogP contribution in [0.25, 0.3) is 0 Å². The fraction of sp³-hybridized carbons (Fsp3) is 0.647. The van der Waals surface area contributed by atoms with E-state index in [1.54, 1.807) is 0 Å².